The topological polar surface area (TPSA) is 48.1 Å². The molecule has 0 aromatic carbocycles. The molecular weight excluding hydrogens is 116 g/mol. The van der Waals surface area contributed by atoms with Crippen molar-refractivity contribution in [2.45, 2.75) is 0 Å². The predicted octanol–water partition coefficient (Wildman–Crippen LogP) is -1.77. The highest BCUT2D eigenvalue weighted by Crippen LogP contribution is 1.60. The van der Waals surface area contributed by atoms with Crippen molar-refractivity contribution in [3.63, 3.8) is 0 Å². The Morgan fingerprint density at radius 1 is 0.556 bits per heavy atom. The van der Waals surface area contributed by atoms with Gasteiger partial charge < -0.3 is 10.6 Å². The van der Waals surface area contributed by atoms with Crippen LogP contribution in [0.1, 0.15) is 0 Å². The quantitative estimate of drug-likeness (QED) is 0.313. The van der Waals surface area contributed by atoms with E-state index < -0.39 is 0 Å². The molecule has 0 saturated carbocycles. The first-order valence-electron chi connectivity index (χ1n) is 3.33. The minimum absolute atomic E-state index is 0.875. The van der Waals surface area contributed by atoms with Crippen LogP contribution in [0.5, 0.6) is 0 Å². The van der Waals surface area contributed by atoms with Gasteiger partial charge in [0.15, 0.2) is 0 Å². The minimum atomic E-state index is 0.875. The highest BCUT2D eigenvalue weighted by atomic mass is 15.2. The first-order chi connectivity index (χ1) is 4.50. The second-order valence-corrected chi connectivity index (χ2v) is 2.03. The summed E-state index contributed by atoms with van der Waals surface area (Å²) < 4.78 is 0. The summed E-state index contributed by atoms with van der Waals surface area (Å²) in [6.45, 7) is 4.74. The monoisotopic (exact) mass is 130 g/mol. The van der Waals surface area contributed by atoms with Crippen molar-refractivity contribution < 1.29 is 0 Å². The zero-order valence-corrected chi connectivity index (χ0v) is 5.54. The number of hydrogen-bond acceptors (Lipinski definition) is 4. The molecule has 0 unspecified atom stereocenters. The molecule has 0 spiro atoms. The number of hydrogen-bond donors (Lipinski definition) is 4. The Kier molecular flexibility index (Phi) is 3.63. The molecule has 4 N–H and O–H groups in total. The van der Waals surface area contributed by atoms with Gasteiger partial charge in [0.05, 0.1) is 0 Å². The molecule has 1 heterocycles. The fourth-order valence-corrected chi connectivity index (χ4v) is 0.744. The van der Waals surface area contributed by atoms with E-state index in [0.717, 1.165) is 33.1 Å². The van der Waals surface area contributed by atoms with Gasteiger partial charge in [0.2, 0.25) is 0 Å². The standard InChI is InChI=1S/C5H14N4/c1-2-7-4-9-5-8-3-6-1/h6-9H,1-5H2. The normalized spacial score (nSPS) is 24.0. The second kappa shape index (κ2) is 4.69. The predicted molar refractivity (Wildman–Crippen MR) is 36.9 cm³/mol. The maximum Gasteiger partial charge on any atom is 0.0474 e. The van der Waals surface area contributed by atoms with Gasteiger partial charge in [-0.05, 0) is 0 Å². The van der Waals surface area contributed by atoms with Crippen LogP contribution in [0, 0.1) is 0 Å². The first kappa shape index (κ1) is 6.95. The van der Waals surface area contributed by atoms with E-state index in [9.17, 15) is 0 Å². The molecule has 1 saturated heterocycles. The van der Waals surface area contributed by atoms with Gasteiger partial charge in [-0.3, -0.25) is 10.6 Å². The maximum atomic E-state index is 3.21. The van der Waals surface area contributed by atoms with Crippen molar-refractivity contribution in [3.05, 3.63) is 0 Å². The van der Waals surface area contributed by atoms with Crippen LogP contribution in [-0.2, 0) is 0 Å². The lowest BCUT2D eigenvalue weighted by atomic mass is 10.6. The van der Waals surface area contributed by atoms with Gasteiger partial charge in [0.25, 0.3) is 0 Å². The summed E-state index contributed by atoms with van der Waals surface area (Å²) in [5.41, 5.74) is 0. The van der Waals surface area contributed by atoms with Crippen molar-refractivity contribution >= 4 is 0 Å². The Balaban J connectivity index is 2.02. The summed E-state index contributed by atoms with van der Waals surface area (Å²) in [5.74, 6) is 0. The van der Waals surface area contributed by atoms with Crippen LogP contribution in [0.3, 0.4) is 0 Å². The van der Waals surface area contributed by atoms with E-state index >= 15 is 0 Å². The third kappa shape index (κ3) is 3.42. The first-order valence-corrected chi connectivity index (χ1v) is 3.33. The van der Waals surface area contributed by atoms with Gasteiger partial charge in [0.1, 0.15) is 0 Å². The lowest BCUT2D eigenvalue weighted by Crippen LogP contribution is -2.35. The molecule has 1 aliphatic rings. The molecule has 0 radical (unpaired) electrons. The Bertz CT molecular complexity index is 37.4. The fourth-order valence-electron chi connectivity index (χ4n) is 0.744. The zero-order chi connectivity index (χ0) is 6.36. The fraction of sp³-hybridized carbons (Fsp3) is 1.00. The minimum Gasteiger partial charge on any atom is -0.303 e. The van der Waals surface area contributed by atoms with Gasteiger partial charge in [0, 0.05) is 33.1 Å². The summed E-state index contributed by atoms with van der Waals surface area (Å²) in [4.78, 5) is 0. The highest BCUT2D eigenvalue weighted by Gasteiger charge is 1.90. The third-order valence-corrected chi connectivity index (χ3v) is 1.23. The molecule has 0 aromatic heterocycles. The molecule has 0 atom stereocenters. The molecule has 1 aliphatic heterocycles. The molecule has 9 heavy (non-hydrogen) atoms. The zero-order valence-electron chi connectivity index (χ0n) is 5.54. The van der Waals surface area contributed by atoms with Gasteiger partial charge >= 0.3 is 0 Å². The van der Waals surface area contributed by atoms with Crippen molar-refractivity contribution in [1.29, 1.82) is 0 Å². The van der Waals surface area contributed by atoms with E-state index in [2.05, 4.69) is 21.3 Å². The van der Waals surface area contributed by atoms with Crippen LogP contribution in [0.25, 0.3) is 0 Å². The van der Waals surface area contributed by atoms with Gasteiger partial charge in [-0.15, -0.1) is 0 Å². The summed E-state index contributed by atoms with van der Waals surface area (Å²) in [6.07, 6.45) is 0. The number of rotatable bonds is 0. The highest BCUT2D eigenvalue weighted by molar-refractivity contribution is 4.53. The average Bonchev–Trinajstić information content (AvgIpc) is 2.00. The SMILES string of the molecule is C1CNCNCNCN1. The van der Waals surface area contributed by atoms with E-state index in [1.807, 2.05) is 0 Å². The van der Waals surface area contributed by atoms with Crippen LogP contribution >= 0.6 is 0 Å². The Labute approximate surface area is 55.4 Å². The van der Waals surface area contributed by atoms with Crippen molar-refractivity contribution in [1.82, 2.24) is 21.3 Å². The smallest absolute Gasteiger partial charge is 0.0474 e. The Morgan fingerprint density at radius 2 is 1.00 bits per heavy atom. The van der Waals surface area contributed by atoms with Crippen LogP contribution in [0.4, 0.5) is 0 Å². The molecule has 1 fully saturated rings. The van der Waals surface area contributed by atoms with E-state index in [1.165, 1.54) is 0 Å². The molecule has 4 nitrogen and oxygen atoms in total. The Morgan fingerprint density at radius 3 is 1.56 bits per heavy atom. The van der Waals surface area contributed by atoms with Gasteiger partial charge in [-0.1, -0.05) is 0 Å². The third-order valence-electron chi connectivity index (χ3n) is 1.23. The van der Waals surface area contributed by atoms with Crippen LogP contribution in [0.2, 0.25) is 0 Å². The van der Waals surface area contributed by atoms with E-state index in [4.69, 9.17) is 0 Å². The molecule has 54 valence electrons. The van der Waals surface area contributed by atoms with Crippen LogP contribution < -0.4 is 21.3 Å². The van der Waals surface area contributed by atoms with Crippen molar-refractivity contribution in [3.8, 4) is 0 Å². The van der Waals surface area contributed by atoms with Crippen molar-refractivity contribution in [2.75, 3.05) is 33.1 Å². The maximum absolute atomic E-state index is 3.21. The summed E-state index contributed by atoms with van der Waals surface area (Å²) in [5, 5.41) is 12.8. The lowest BCUT2D eigenvalue weighted by molar-refractivity contribution is 0.560. The number of nitrogens with one attached hydrogen (secondary N) is 4. The molecule has 0 aliphatic carbocycles. The molecule has 0 amide bonds. The molecule has 4 heteroatoms. The molecule has 0 aromatic rings. The summed E-state index contributed by atoms with van der Waals surface area (Å²) in [7, 11) is 0. The van der Waals surface area contributed by atoms with Gasteiger partial charge in [-0.25, -0.2) is 0 Å². The summed E-state index contributed by atoms with van der Waals surface area (Å²) in [6, 6.07) is 0. The van der Waals surface area contributed by atoms with Crippen LogP contribution in [0.15, 0.2) is 0 Å². The van der Waals surface area contributed by atoms with E-state index in [1.54, 1.807) is 0 Å². The lowest BCUT2D eigenvalue weighted by Gasteiger charge is -2.01. The van der Waals surface area contributed by atoms with E-state index in [0.29, 0.717) is 0 Å². The largest absolute Gasteiger partial charge is 0.303 e. The van der Waals surface area contributed by atoms with Crippen LogP contribution in [-0.4, -0.2) is 33.1 Å². The Hall–Kier alpha value is -0.160. The van der Waals surface area contributed by atoms with Crippen molar-refractivity contribution in [2.24, 2.45) is 0 Å². The second-order valence-electron chi connectivity index (χ2n) is 2.03. The average molecular weight is 130 g/mol. The molecule has 0 bridgehead atoms. The molecule has 1 rings (SSSR count). The molecular formula is C5H14N4. The summed E-state index contributed by atoms with van der Waals surface area (Å²) >= 11 is 0. The van der Waals surface area contributed by atoms with Gasteiger partial charge in [-0.2, -0.15) is 0 Å². The van der Waals surface area contributed by atoms with E-state index in [-0.39, 0.29) is 0 Å².